The van der Waals surface area contributed by atoms with Gasteiger partial charge in [0, 0.05) is 18.1 Å². The van der Waals surface area contributed by atoms with Crippen LogP contribution in [0.15, 0.2) is 24.3 Å². The van der Waals surface area contributed by atoms with Crippen molar-refractivity contribution in [1.29, 1.82) is 0 Å². The van der Waals surface area contributed by atoms with Crippen LogP contribution in [0.3, 0.4) is 0 Å². The van der Waals surface area contributed by atoms with Gasteiger partial charge in [0.05, 0.1) is 13.2 Å². The molecule has 1 aromatic carbocycles. The molecular formula is C12H16N2O2S. The first-order valence-electron chi connectivity index (χ1n) is 5.53. The third kappa shape index (κ3) is 3.56. The van der Waals surface area contributed by atoms with Crippen molar-refractivity contribution < 1.29 is 9.53 Å². The quantitative estimate of drug-likeness (QED) is 0.837. The van der Waals surface area contributed by atoms with Gasteiger partial charge in [0.25, 0.3) is 0 Å². The highest BCUT2D eigenvalue weighted by Crippen LogP contribution is 2.17. The van der Waals surface area contributed by atoms with Gasteiger partial charge in [0.2, 0.25) is 0 Å². The highest BCUT2D eigenvalue weighted by molar-refractivity contribution is 7.98. The maximum Gasteiger partial charge on any atom is 0.315 e. The van der Waals surface area contributed by atoms with Gasteiger partial charge in [0.1, 0.15) is 5.75 Å². The van der Waals surface area contributed by atoms with Crippen LogP contribution in [0.1, 0.15) is 5.56 Å². The molecule has 2 rings (SSSR count). The monoisotopic (exact) mass is 252 g/mol. The first-order chi connectivity index (χ1) is 8.28. The minimum atomic E-state index is -0.0555. The number of thioether (sulfide) groups is 1. The van der Waals surface area contributed by atoms with Crippen molar-refractivity contribution in [2.75, 3.05) is 19.4 Å². The summed E-state index contributed by atoms with van der Waals surface area (Å²) in [5.74, 6) is 2.77. The van der Waals surface area contributed by atoms with Gasteiger partial charge in [-0.15, -0.1) is 0 Å². The second kappa shape index (κ2) is 5.82. The molecule has 1 saturated heterocycles. The summed E-state index contributed by atoms with van der Waals surface area (Å²) >= 11 is 1.82. The molecular weight excluding hydrogens is 236 g/mol. The molecule has 5 heteroatoms. The van der Waals surface area contributed by atoms with Crippen LogP contribution in [-0.2, 0) is 5.75 Å². The second-order valence-electron chi connectivity index (χ2n) is 3.91. The molecule has 0 bridgehead atoms. The minimum Gasteiger partial charge on any atom is -0.497 e. The average Bonchev–Trinajstić information content (AvgIpc) is 2.76. The van der Waals surface area contributed by atoms with Crippen LogP contribution >= 0.6 is 11.8 Å². The smallest absolute Gasteiger partial charge is 0.315 e. The van der Waals surface area contributed by atoms with Crippen LogP contribution in [0, 0.1) is 0 Å². The van der Waals surface area contributed by atoms with Gasteiger partial charge in [-0.25, -0.2) is 4.79 Å². The summed E-state index contributed by atoms with van der Waals surface area (Å²) in [6, 6.07) is 8.27. The third-order valence-corrected chi connectivity index (χ3v) is 3.77. The molecule has 2 amide bonds. The van der Waals surface area contributed by atoms with Crippen molar-refractivity contribution in [3.05, 3.63) is 29.8 Å². The lowest BCUT2D eigenvalue weighted by atomic mass is 10.2. The Hall–Kier alpha value is -1.36. The van der Waals surface area contributed by atoms with Gasteiger partial charge >= 0.3 is 6.03 Å². The van der Waals surface area contributed by atoms with Crippen LogP contribution in [0.4, 0.5) is 4.79 Å². The molecule has 1 aromatic rings. The maximum absolute atomic E-state index is 10.9. The molecule has 0 radical (unpaired) electrons. The predicted octanol–water partition coefficient (Wildman–Crippen LogP) is 1.61. The highest BCUT2D eigenvalue weighted by atomic mass is 32.2. The summed E-state index contributed by atoms with van der Waals surface area (Å²) in [5.41, 5.74) is 1.27. The molecule has 1 atom stereocenters. The molecule has 92 valence electrons. The van der Waals surface area contributed by atoms with Crippen LogP contribution in [0.2, 0.25) is 0 Å². The van der Waals surface area contributed by atoms with Crippen molar-refractivity contribution in [2.24, 2.45) is 0 Å². The Balaban J connectivity index is 1.72. The first kappa shape index (κ1) is 12.1. The number of carbonyl (C=O) groups excluding carboxylic acids is 1. The molecule has 4 nitrogen and oxygen atoms in total. The van der Waals surface area contributed by atoms with Crippen LogP contribution in [-0.4, -0.2) is 31.5 Å². The standard InChI is InChI=1S/C12H16N2O2S/c1-16-11-4-2-9(3-5-11)7-17-8-10-6-13-12(15)14-10/h2-5,10H,6-8H2,1H3,(H2,13,14,15). The normalized spacial score (nSPS) is 18.6. The predicted molar refractivity (Wildman–Crippen MR) is 69.5 cm³/mol. The number of amides is 2. The summed E-state index contributed by atoms with van der Waals surface area (Å²) in [5, 5.41) is 5.62. The van der Waals surface area contributed by atoms with E-state index >= 15 is 0 Å². The zero-order valence-corrected chi connectivity index (χ0v) is 10.5. The summed E-state index contributed by atoms with van der Waals surface area (Å²) in [7, 11) is 1.67. The molecule has 1 aliphatic heterocycles. The van der Waals surface area contributed by atoms with Crippen molar-refractivity contribution in [1.82, 2.24) is 10.6 Å². The summed E-state index contributed by atoms with van der Waals surface area (Å²) in [6.07, 6.45) is 0. The molecule has 0 aliphatic carbocycles. The number of benzene rings is 1. The lowest BCUT2D eigenvalue weighted by Gasteiger charge is -2.08. The summed E-state index contributed by atoms with van der Waals surface area (Å²) in [6.45, 7) is 0.731. The van der Waals surface area contributed by atoms with Gasteiger partial charge in [-0.3, -0.25) is 0 Å². The summed E-state index contributed by atoms with van der Waals surface area (Å²) in [4.78, 5) is 10.9. The van der Waals surface area contributed by atoms with E-state index < -0.39 is 0 Å². The van der Waals surface area contributed by atoms with Crippen molar-refractivity contribution >= 4 is 17.8 Å². The SMILES string of the molecule is COc1ccc(CSCC2CNC(=O)N2)cc1. The van der Waals surface area contributed by atoms with Gasteiger partial charge in [-0.2, -0.15) is 11.8 Å². The average molecular weight is 252 g/mol. The number of carbonyl (C=O) groups is 1. The topological polar surface area (TPSA) is 50.4 Å². The fraction of sp³-hybridized carbons (Fsp3) is 0.417. The molecule has 17 heavy (non-hydrogen) atoms. The van der Waals surface area contributed by atoms with E-state index in [9.17, 15) is 4.79 Å². The Morgan fingerprint density at radius 3 is 2.76 bits per heavy atom. The Kier molecular flexibility index (Phi) is 4.14. The number of ether oxygens (including phenoxy) is 1. The molecule has 1 heterocycles. The van der Waals surface area contributed by atoms with E-state index in [4.69, 9.17) is 4.74 Å². The molecule has 1 aliphatic rings. The first-order valence-corrected chi connectivity index (χ1v) is 6.68. The zero-order valence-electron chi connectivity index (χ0n) is 9.73. The number of hydrogen-bond donors (Lipinski definition) is 2. The van der Waals surface area contributed by atoms with Gasteiger partial charge in [0.15, 0.2) is 0 Å². The van der Waals surface area contributed by atoms with Crippen molar-refractivity contribution in [3.63, 3.8) is 0 Å². The van der Waals surface area contributed by atoms with E-state index in [1.54, 1.807) is 7.11 Å². The van der Waals surface area contributed by atoms with E-state index in [1.807, 2.05) is 23.9 Å². The molecule has 2 N–H and O–H groups in total. The van der Waals surface area contributed by atoms with Gasteiger partial charge < -0.3 is 15.4 Å². The fourth-order valence-corrected chi connectivity index (χ4v) is 2.68. The Morgan fingerprint density at radius 1 is 1.41 bits per heavy atom. The van der Waals surface area contributed by atoms with Crippen LogP contribution in [0.5, 0.6) is 5.75 Å². The Labute approximate surface area is 105 Å². The van der Waals surface area contributed by atoms with Gasteiger partial charge in [-0.1, -0.05) is 12.1 Å². The van der Waals surface area contributed by atoms with Crippen molar-refractivity contribution in [2.45, 2.75) is 11.8 Å². The number of rotatable bonds is 5. The van der Waals surface area contributed by atoms with Crippen LogP contribution < -0.4 is 15.4 Å². The Morgan fingerprint density at radius 2 is 2.18 bits per heavy atom. The molecule has 0 saturated carbocycles. The molecule has 0 spiro atoms. The minimum absolute atomic E-state index is 0.0555. The lowest BCUT2D eigenvalue weighted by Crippen LogP contribution is -2.28. The second-order valence-corrected chi connectivity index (χ2v) is 4.94. The number of hydrogen-bond acceptors (Lipinski definition) is 3. The van der Waals surface area contributed by atoms with Crippen molar-refractivity contribution in [3.8, 4) is 5.75 Å². The van der Waals surface area contributed by atoms with E-state index in [2.05, 4.69) is 22.8 Å². The van der Waals surface area contributed by atoms with E-state index in [0.717, 1.165) is 23.8 Å². The van der Waals surface area contributed by atoms with E-state index in [-0.39, 0.29) is 12.1 Å². The number of nitrogens with one attached hydrogen (secondary N) is 2. The number of urea groups is 1. The molecule has 0 aromatic heterocycles. The maximum atomic E-state index is 10.9. The molecule has 1 unspecified atom stereocenters. The largest absolute Gasteiger partial charge is 0.497 e. The fourth-order valence-electron chi connectivity index (χ4n) is 1.64. The number of methoxy groups -OCH3 is 1. The molecule has 1 fully saturated rings. The van der Waals surface area contributed by atoms with Crippen LogP contribution in [0.25, 0.3) is 0 Å². The van der Waals surface area contributed by atoms with Gasteiger partial charge in [-0.05, 0) is 17.7 Å². The highest BCUT2D eigenvalue weighted by Gasteiger charge is 2.19. The zero-order chi connectivity index (χ0) is 12.1. The van der Waals surface area contributed by atoms with E-state index in [0.29, 0.717) is 0 Å². The summed E-state index contributed by atoms with van der Waals surface area (Å²) < 4.78 is 5.10. The van der Waals surface area contributed by atoms with E-state index in [1.165, 1.54) is 5.56 Å². The Bertz CT molecular complexity index is 381. The lowest BCUT2D eigenvalue weighted by molar-refractivity contribution is 0.247. The third-order valence-electron chi connectivity index (χ3n) is 2.59.